The number of rotatable bonds is 5. The Morgan fingerprint density at radius 1 is 1.26 bits per heavy atom. The van der Waals surface area contributed by atoms with Crippen molar-refractivity contribution in [1.29, 1.82) is 0 Å². The van der Waals surface area contributed by atoms with Crippen molar-refractivity contribution < 1.29 is 19.2 Å². The molecule has 2 aromatic rings. The summed E-state index contributed by atoms with van der Waals surface area (Å²) < 4.78 is 5.22. The number of nitro benzene ring substituents is 1. The van der Waals surface area contributed by atoms with E-state index in [2.05, 4.69) is 5.32 Å². The van der Waals surface area contributed by atoms with Gasteiger partial charge in [0.2, 0.25) is 0 Å². The predicted octanol–water partition coefficient (Wildman–Crippen LogP) is 3.76. The number of ether oxygens (including phenoxy) is 1. The van der Waals surface area contributed by atoms with Crippen LogP contribution < -0.4 is 5.32 Å². The molecule has 120 valence electrons. The van der Waals surface area contributed by atoms with Gasteiger partial charge < -0.3 is 10.1 Å². The van der Waals surface area contributed by atoms with Gasteiger partial charge in [-0.1, -0.05) is 23.2 Å². The zero-order valence-electron chi connectivity index (χ0n) is 11.2. The lowest BCUT2D eigenvalue weighted by Gasteiger charge is -2.07. The SMILES string of the molecule is O=C(COC(=O)c1ccc(Cl)s1)Nc1cc(Cl)ccc1[N+](=O)[O-]. The first kappa shape index (κ1) is 17.2. The number of halogens is 2. The van der Waals surface area contributed by atoms with Crippen LogP contribution in [0.1, 0.15) is 9.67 Å². The Labute approximate surface area is 143 Å². The Hall–Kier alpha value is -2.16. The van der Waals surface area contributed by atoms with Crippen molar-refractivity contribution in [2.24, 2.45) is 0 Å². The van der Waals surface area contributed by atoms with Gasteiger partial charge in [0.1, 0.15) is 10.6 Å². The number of thiophene rings is 1. The van der Waals surface area contributed by atoms with Crippen molar-refractivity contribution in [3.05, 3.63) is 54.7 Å². The molecular formula is C13H8Cl2N2O5S. The summed E-state index contributed by atoms with van der Waals surface area (Å²) >= 11 is 12.4. The van der Waals surface area contributed by atoms with Gasteiger partial charge in [-0.25, -0.2) is 4.79 Å². The number of amides is 1. The number of hydrogen-bond donors (Lipinski definition) is 1. The molecule has 10 heteroatoms. The van der Waals surface area contributed by atoms with Crippen LogP contribution in [0.4, 0.5) is 11.4 Å². The van der Waals surface area contributed by atoms with Crippen molar-refractivity contribution in [1.82, 2.24) is 0 Å². The van der Waals surface area contributed by atoms with E-state index in [4.69, 9.17) is 27.9 Å². The molecule has 1 aromatic heterocycles. The highest BCUT2D eigenvalue weighted by molar-refractivity contribution is 7.17. The summed E-state index contributed by atoms with van der Waals surface area (Å²) in [5.41, 5.74) is -0.401. The molecule has 7 nitrogen and oxygen atoms in total. The molecule has 23 heavy (non-hydrogen) atoms. The van der Waals surface area contributed by atoms with Crippen molar-refractivity contribution >= 4 is 57.8 Å². The maximum atomic E-state index is 11.8. The van der Waals surface area contributed by atoms with Crippen LogP contribution in [0, 0.1) is 10.1 Å². The molecule has 0 aliphatic carbocycles. The van der Waals surface area contributed by atoms with Crippen molar-refractivity contribution in [2.45, 2.75) is 0 Å². The maximum Gasteiger partial charge on any atom is 0.348 e. The molecule has 2 rings (SSSR count). The van der Waals surface area contributed by atoms with E-state index in [9.17, 15) is 19.7 Å². The third kappa shape index (κ3) is 4.65. The Balaban J connectivity index is 1.99. The second-order valence-electron chi connectivity index (χ2n) is 4.15. The van der Waals surface area contributed by atoms with Crippen LogP contribution in [0.15, 0.2) is 30.3 Å². The molecule has 1 N–H and O–H groups in total. The van der Waals surface area contributed by atoms with E-state index < -0.39 is 23.4 Å². The smallest absolute Gasteiger partial charge is 0.348 e. The number of benzene rings is 1. The highest BCUT2D eigenvalue weighted by atomic mass is 35.5. The van der Waals surface area contributed by atoms with Crippen LogP contribution in [-0.2, 0) is 9.53 Å². The van der Waals surface area contributed by atoms with Gasteiger partial charge in [0.15, 0.2) is 6.61 Å². The lowest BCUT2D eigenvalue weighted by Crippen LogP contribution is -2.21. The van der Waals surface area contributed by atoms with Gasteiger partial charge in [0.05, 0.1) is 9.26 Å². The third-order valence-electron chi connectivity index (χ3n) is 2.54. The first-order valence-electron chi connectivity index (χ1n) is 6.03. The monoisotopic (exact) mass is 374 g/mol. The molecule has 1 amide bonds. The fourth-order valence-corrected chi connectivity index (χ4v) is 2.69. The van der Waals surface area contributed by atoms with Crippen LogP contribution >= 0.6 is 34.5 Å². The summed E-state index contributed by atoms with van der Waals surface area (Å²) in [6.07, 6.45) is 0. The van der Waals surface area contributed by atoms with Gasteiger partial charge >= 0.3 is 5.97 Å². The van der Waals surface area contributed by atoms with Gasteiger partial charge in [0.25, 0.3) is 11.6 Å². The zero-order chi connectivity index (χ0) is 17.0. The second kappa shape index (κ2) is 7.40. The molecule has 1 heterocycles. The quantitative estimate of drug-likeness (QED) is 0.487. The van der Waals surface area contributed by atoms with E-state index in [-0.39, 0.29) is 21.3 Å². The number of esters is 1. The Morgan fingerprint density at radius 3 is 2.61 bits per heavy atom. The lowest BCUT2D eigenvalue weighted by atomic mass is 10.2. The van der Waals surface area contributed by atoms with Crippen molar-refractivity contribution in [2.75, 3.05) is 11.9 Å². The van der Waals surface area contributed by atoms with Gasteiger partial charge in [0, 0.05) is 11.1 Å². The maximum absolute atomic E-state index is 11.8. The third-order valence-corrected chi connectivity index (χ3v) is 3.98. The van der Waals surface area contributed by atoms with Gasteiger partial charge in [-0.15, -0.1) is 11.3 Å². The highest BCUT2D eigenvalue weighted by Crippen LogP contribution is 2.27. The summed E-state index contributed by atoms with van der Waals surface area (Å²) in [7, 11) is 0. The molecular weight excluding hydrogens is 367 g/mol. The number of nitro groups is 1. The average molecular weight is 375 g/mol. The van der Waals surface area contributed by atoms with E-state index in [1.165, 1.54) is 24.3 Å². The Kier molecular flexibility index (Phi) is 5.54. The first-order valence-corrected chi connectivity index (χ1v) is 7.60. The fraction of sp³-hybridized carbons (Fsp3) is 0.0769. The van der Waals surface area contributed by atoms with Crippen molar-refractivity contribution in [3.63, 3.8) is 0 Å². The van der Waals surface area contributed by atoms with E-state index in [1.807, 2.05) is 0 Å². The molecule has 0 bridgehead atoms. The summed E-state index contributed by atoms with van der Waals surface area (Å²) in [5.74, 6) is -1.44. The summed E-state index contributed by atoms with van der Waals surface area (Å²) in [5, 5.41) is 13.4. The highest BCUT2D eigenvalue weighted by Gasteiger charge is 2.18. The number of carbonyl (C=O) groups excluding carboxylic acids is 2. The largest absolute Gasteiger partial charge is 0.451 e. The Morgan fingerprint density at radius 2 is 2.00 bits per heavy atom. The molecule has 0 unspecified atom stereocenters. The van der Waals surface area contributed by atoms with Gasteiger partial charge in [-0.2, -0.15) is 0 Å². The number of hydrogen-bond acceptors (Lipinski definition) is 6. The number of anilines is 1. The van der Waals surface area contributed by atoms with E-state index >= 15 is 0 Å². The molecule has 0 atom stereocenters. The Bertz CT molecular complexity index is 777. The number of nitrogens with zero attached hydrogens (tertiary/aromatic N) is 1. The first-order chi connectivity index (χ1) is 10.9. The second-order valence-corrected chi connectivity index (χ2v) is 6.30. The standard InChI is InChI=1S/C13H8Cl2N2O5S/c14-7-1-2-9(17(20)21)8(5-7)16-12(18)6-22-13(19)10-3-4-11(15)23-10/h1-5H,6H2,(H,16,18). The molecule has 0 saturated heterocycles. The minimum atomic E-state index is -0.730. The molecule has 0 fully saturated rings. The minimum Gasteiger partial charge on any atom is -0.451 e. The molecule has 1 aromatic carbocycles. The number of carbonyl (C=O) groups is 2. The summed E-state index contributed by atoms with van der Waals surface area (Å²) in [6.45, 7) is -0.599. The molecule has 0 spiro atoms. The lowest BCUT2D eigenvalue weighted by molar-refractivity contribution is -0.383. The topological polar surface area (TPSA) is 98.5 Å². The van der Waals surface area contributed by atoms with E-state index in [0.29, 0.717) is 4.34 Å². The fourth-order valence-electron chi connectivity index (χ4n) is 1.58. The van der Waals surface area contributed by atoms with Crippen molar-refractivity contribution in [3.8, 4) is 0 Å². The molecule has 0 aliphatic heterocycles. The van der Waals surface area contributed by atoms with E-state index in [0.717, 1.165) is 17.4 Å². The van der Waals surface area contributed by atoms with E-state index in [1.54, 1.807) is 0 Å². The van der Waals surface area contributed by atoms with Crippen LogP contribution in [0.2, 0.25) is 9.36 Å². The van der Waals surface area contributed by atoms with Gasteiger partial charge in [-0.3, -0.25) is 14.9 Å². The average Bonchev–Trinajstić information content (AvgIpc) is 2.91. The normalized spacial score (nSPS) is 10.2. The van der Waals surface area contributed by atoms with Crippen LogP contribution in [0.25, 0.3) is 0 Å². The minimum absolute atomic E-state index is 0.0808. The zero-order valence-corrected chi connectivity index (χ0v) is 13.6. The van der Waals surface area contributed by atoms with Gasteiger partial charge in [-0.05, 0) is 24.3 Å². The molecule has 0 aliphatic rings. The summed E-state index contributed by atoms with van der Waals surface area (Å²) in [4.78, 5) is 33.9. The number of nitrogens with one attached hydrogen (secondary N) is 1. The van der Waals surface area contributed by atoms with Crippen LogP contribution in [0.3, 0.4) is 0 Å². The van der Waals surface area contributed by atoms with Crippen LogP contribution in [-0.4, -0.2) is 23.4 Å². The predicted molar refractivity (Wildman–Crippen MR) is 86.3 cm³/mol. The molecule has 0 saturated carbocycles. The van der Waals surface area contributed by atoms with Crippen LogP contribution in [0.5, 0.6) is 0 Å². The summed E-state index contributed by atoms with van der Waals surface area (Å²) in [6, 6.07) is 6.72. The molecule has 0 radical (unpaired) electrons.